The summed E-state index contributed by atoms with van der Waals surface area (Å²) in [6.45, 7) is 1.11. The number of alkyl halides is 6. The second kappa shape index (κ2) is 12.3. The van der Waals surface area contributed by atoms with Gasteiger partial charge in [-0.1, -0.05) is 12.1 Å². The van der Waals surface area contributed by atoms with Crippen LogP contribution in [0.4, 0.5) is 42.5 Å². The zero-order chi connectivity index (χ0) is 31.6. The molecule has 2 fully saturated rings. The Bertz CT molecular complexity index is 1520. The summed E-state index contributed by atoms with van der Waals surface area (Å²) in [7, 11) is 0. The van der Waals surface area contributed by atoms with E-state index in [0.717, 1.165) is 0 Å². The van der Waals surface area contributed by atoms with Gasteiger partial charge in [-0.3, -0.25) is 9.59 Å². The maximum absolute atomic E-state index is 14.2. The topological polar surface area (TPSA) is 108 Å². The number of benzene rings is 1. The van der Waals surface area contributed by atoms with Crippen molar-refractivity contribution < 1.29 is 40.3 Å². The van der Waals surface area contributed by atoms with E-state index in [0.29, 0.717) is 18.5 Å². The number of hydrogen-bond donors (Lipinski definition) is 1. The average Bonchev–Trinajstić information content (AvgIpc) is 3.39. The minimum Gasteiger partial charge on any atom is -0.485 e. The molecule has 236 valence electrons. The number of hydrogen-bond acceptors (Lipinski definition) is 8. The van der Waals surface area contributed by atoms with Crippen molar-refractivity contribution in [3.63, 3.8) is 0 Å². The molecule has 2 aliphatic heterocycles. The number of piperazine rings is 1. The Morgan fingerprint density at radius 1 is 1.00 bits per heavy atom. The highest BCUT2D eigenvalue weighted by Gasteiger charge is 2.39. The van der Waals surface area contributed by atoms with Crippen LogP contribution in [0.5, 0.6) is 5.75 Å². The van der Waals surface area contributed by atoms with E-state index in [1.807, 2.05) is 5.10 Å². The number of carbonyl (C=O) groups excluding carboxylic acids is 1. The van der Waals surface area contributed by atoms with E-state index in [-0.39, 0.29) is 75.4 Å². The van der Waals surface area contributed by atoms with E-state index in [1.54, 1.807) is 15.9 Å². The molecule has 0 bridgehead atoms. The van der Waals surface area contributed by atoms with E-state index in [4.69, 9.17) is 4.74 Å². The number of rotatable bonds is 7. The lowest BCUT2D eigenvalue weighted by Gasteiger charge is -2.35. The van der Waals surface area contributed by atoms with Gasteiger partial charge in [-0.05, 0) is 18.6 Å². The maximum atomic E-state index is 14.2. The van der Waals surface area contributed by atoms with Crippen LogP contribution < -0.4 is 20.1 Å². The molecule has 10 nitrogen and oxygen atoms in total. The van der Waals surface area contributed by atoms with Gasteiger partial charge in [-0.15, -0.1) is 0 Å². The zero-order valence-electron chi connectivity index (χ0n) is 22.9. The van der Waals surface area contributed by atoms with E-state index in [9.17, 15) is 40.3 Å². The summed E-state index contributed by atoms with van der Waals surface area (Å²) in [5.41, 5.74) is -3.79. The monoisotopic (exact) mass is 629 g/mol. The van der Waals surface area contributed by atoms with Crippen LogP contribution in [0.15, 0.2) is 47.5 Å². The van der Waals surface area contributed by atoms with Gasteiger partial charge in [0.05, 0.1) is 12.1 Å². The van der Waals surface area contributed by atoms with Crippen molar-refractivity contribution in [1.82, 2.24) is 25.1 Å². The van der Waals surface area contributed by atoms with Gasteiger partial charge >= 0.3 is 12.4 Å². The number of H-pyrrole nitrogens is 1. The maximum Gasteiger partial charge on any atom is 0.421 e. The van der Waals surface area contributed by atoms with Gasteiger partial charge in [-0.2, -0.15) is 31.4 Å². The van der Waals surface area contributed by atoms with Crippen LogP contribution >= 0.6 is 0 Å². The fraction of sp³-hybridized carbons (Fsp3) is 0.444. The predicted molar refractivity (Wildman–Crippen MR) is 141 cm³/mol. The molecule has 0 radical (unpaired) electrons. The van der Waals surface area contributed by atoms with Gasteiger partial charge in [0.2, 0.25) is 11.9 Å². The van der Waals surface area contributed by atoms with Crippen molar-refractivity contribution in [2.24, 2.45) is 0 Å². The van der Waals surface area contributed by atoms with E-state index in [2.05, 4.69) is 15.1 Å². The molecular weight excluding hydrogens is 603 g/mol. The molecule has 4 heterocycles. The molecule has 2 saturated heterocycles. The molecule has 17 heteroatoms. The largest absolute Gasteiger partial charge is 0.485 e. The summed E-state index contributed by atoms with van der Waals surface area (Å²) >= 11 is 0. The lowest BCUT2D eigenvalue weighted by Crippen LogP contribution is -2.49. The molecule has 1 N–H and O–H groups in total. The zero-order valence-corrected chi connectivity index (χ0v) is 22.9. The van der Waals surface area contributed by atoms with Crippen molar-refractivity contribution in [2.45, 2.75) is 43.8 Å². The van der Waals surface area contributed by atoms with Crippen molar-refractivity contribution in [3.05, 3.63) is 70.0 Å². The lowest BCUT2D eigenvalue weighted by atomic mass is 10.1. The van der Waals surface area contributed by atoms with E-state index >= 15 is 0 Å². The molecule has 44 heavy (non-hydrogen) atoms. The Hall–Kier alpha value is -4.44. The third kappa shape index (κ3) is 7.02. The number of anilines is 2. The molecule has 2 atom stereocenters. The third-order valence-corrected chi connectivity index (χ3v) is 7.47. The van der Waals surface area contributed by atoms with Crippen LogP contribution in [0.2, 0.25) is 0 Å². The van der Waals surface area contributed by atoms with Gasteiger partial charge in [0.1, 0.15) is 17.5 Å². The second-order valence-corrected chi connectivity index (χ2v) is 10.4. The highest BCUT2D eigenvalue weighted by atomic mass is 19.4. The first kappa shape index (κ1) is 31.0. The van der Waals surface area contributed by atoms with Gasteiger partial charge in [0.15, 0.2) is 11.6 Å². The first-order chi connectivity index (χ1) is 20.8. The van der Waals surface area contributed by atoms with Crippen LogP contribution in [-0.2, 0) is 17.1 Å². The average molecular weight is 630 g/mol. The minimum absolute atomic E-state index is 0.0137. The highest BCUT2D eigenvalue weighted by Crippen LogP contribution is 2.33. The minimum atomic E-state index is -4.92. The molecule has 5 rings (SSSR count). The summed E-state index contributed by atoms with van der Waals surface area (Å²) in [6, 6.07) is 5.80. The van der Waals surface area contributed by atoms with Crippen LogP contribution in [-0.4, -0.2) is 75.8 Å². The van der Waals surface area contributed by atoms with Gasteiger partial charge in [0, 0.05) is 63.5 Å². The molecule has 1 aromatic carbocycles. The molecule has 0 spiro atoms. The van der Waals surface area contributed by atoms with Crippen LogP contribution in [0, 0.1) is 5.82 Å². The molecule has 0 aliphatic carbocycles. The lowest BCUT2D eigenvalue weighted by molar-refractivity contribution is -0.139. The Labute approximate surface area is 245 Å². The van der Waals surface area contributed by atoms with Crippen molar-refractivity contribution in [2.75, 3.05) is 42.5 Å². The molecule has 3 aromatic rings. The van der Waals surface area contributed by atoms with Crippen LogP contribution in [0.3, 0.4) is 0 Å². The fourth-order valence-electron chi connectivity index (χ4n) is 5.22. The van der Waals surface area contributed by atoms with Gasteiger partial charge < -0.3 is 19.4 Å². The molecule has 2 aromatic heterocycles. The number of nitrogens with zero attached hydrogens (tertiary/aromatic N) is 6. The molecule has 0 unspecified atom stereocenters. The van der Waals surface area contributed by atoms with Crippen molar-refractivity contribution >= 4 is 17.7 Å². The molecule has 1 amide bonds. The number of halogens is 7. The molecule has 2 aliphatic rings. The standard InChI is InChI=1S/C27H26F7N7O3/c28-20-3-1-2-4-21(20)44-18-11-17(41(15-18)22-12-19(27(32,33)34)24(43)38-37-22)5-6-23(42)39-7-9-40(10-8-39)25-35-13-16(14-36-25)26(29,30)31/h1-4,12-14,17-18H,5-11,15H2,(H,38,43)/t17-,18-/m1/s1. The Morgan fingerprint density at radius 2 is 1.68 bits per heavy atom. The summed E-state index contributed by atoms with van der Waals surface area (Å²) in [4.78, 5) is 37.2. The van der Waals surface area contributed by atoms with Gasteiger partial charge in [-0.25, -0.2) is 19.5 Å². The number of amides is 1. The Kier molecular flexibility index (Phi) is 8.65. The number of nitrogens with one attached hydrogen (secondary N) is 1. The number of ether oxygens (including phenoxy) is 1. The number of aromatic nitrogens is 4. The number of para-hydroxylation sites is 1. The quantitative estimate of drug-likeness (QED) is 0.393. The van der Waals surface area contributed by atoms with E-state index < -0.39 is 47.0 Å². The van der Waals surface area contributed by atoms with Crippen LogP contribution in [0.25, 0.3) is 0 Å². The first-order valence-corrected chi connectivity index (χ1v) is 13.6. The Morgan fingerprint density at radius 3 is 2.32 bits per heavy atom. The summed E-state index contributed by atoms with van der Waals surface area (Å²) in [5.74, 6) is -0.935. The normalized spacial score (nSPS) is 19.4. The number of aromatic amines is 1. The third-order valence-electron chi connectivity index (χ3n) is 7.47. The Balaban J connectivity index is 1.24. The van der Waals surface area contributed by atoms with Crippen molar-refractivity contribution in [1.29, 1.82) is 0 Å². The number of carbonyl (C=O) groups is 1. The SMILES string of the molecule is O=C(CC[C@@H]1C[C@@H](Oc2ccccc2F)CN1c1cc(C(F)(F)F)c(=O)[nH]n1)N1CCN(c2ncc(C(F)(F)F)cn2)CC1. The fourth-order valence-corrected chi connectivity index (χ4v) is 5.22. The smallest absolute Gasteiger partial charge is 0.421 e. The second-order valence-electron chi connectivity index (χ2n) is 10.4. The molecular formula is C27H26F7N7O3. The van der Waals surface area contributed by atoms with Gasteiger partial charge in [0.25, 0.3) is 5.56 Å². The van der Waals surface area contributed by atoms with E-state index in [1.165, 1.54) is 23.1 Å². The highest BCUT2D eigenvalue weighted by molar-refractivity contribution is 5.76. The van der Waals surface area contributed by atoms with Crippen LogP contribution in [0.1, 0.15) is 30.4 Å². The summed E-state index contributed by atoms with van der Waals surface area (Å²) in [6.07, 6.45) is -8.29. The molecule has 0 saturated carbocycles. The first-order valence-electron chi connectivity index (χ1n) is 13.6. The summed E-state index contributed by atoms with van der Waals surface area (Å²) in [5, 5.41) is 5.68. The van der Waals surface area contributed by atoms with Crippen molar-refractivity contribution in [3.8, 4) is 5.75 Å². The predicted octanol–water partition coefficient (Wildman–Crippen LogP) is 3.89. The summed E-state index contributed by atoms with van der Waals surface area (Å²) < 4.78 is 98.7.